The van der Waals surface area contributed by atoms with Crippen LogP contribution in [0.2, 0.25) is 0 Å². The van der Waals surface area contributed by atoms with Crippen molar-refractivity contribution in [2.45, 2.75) is 12.8 Å². The standard InChI is InChI=1S/C16H15NO/c18-16-10-5-11-17(16)15-9-4-8-14(12-15)13-6-2-1-3-7-13/h1-4,6-9,12H,5,10-11H2. The second-order valence-electron chi connectivity index (χ2n) is 4.57. The van der Waals surface area contributed by atoms with Crippen molar-refractivity contribution >= 4 is 11.6 Å². The molecule has 0 atom stereocenters. The number of amides is 1. The van der Waals surface area contributed by atoms with E-state index >= 15 is 0 Å². The normalized spacial score (nSPS) is 15.1. The van der Waals surface area contributed by atoms with Crippen LogP contribution in [0.5, 0.6) is 0 Å². The van der Waals surface area contributed by atoms with E-state index in [-0.39, 0.29) is 5.91 Å². The van der Waals surface area contributed by atoms with Gasteiger partial charge in [0.05, 0.1) is 0 Å². The highest BCUT2D eigenvalue weighted by Gasteiger charge is 2.21. The van der Waals surface area contributed by atoms with Gasteiger partial charge in [-0.1, -0.05) is 42.5 Å². The Bertz CT molecular complexity index is 562. The Labute approximate surface area is 107 Å². The lowest BCUT2D eigenvalue weighted by Gasteiger charge is -2.16. The maximum atomic E-state index is 11.7. The van der Waals surface area contributed by atoms with Crippen molar-refractivity contribution in [2.75, 3.05) is 11.4 Å². The third-order valence-corrected chi connectivity index (χ3v) is 3.34. The molecule has 1 aliphatic rings. The molecule has 0 radical (unpaired) electrons. The zero-order valence-corrected chi connectivity index (χ0v) is 10.2. The highest BCUT2D eigenvalue weighted by atomic mass is 16.2. The highest BCUT2D eigenvalue weighted by molar-refractivity contribution is 5.95. The van der Waals surface area contributed by atoms with Crippen molar-refractivity contribution in [2.24, 2.45) is 0 Å². The summed E-state index contributed by atoms with van der Waals surface area (Å²) in [5.41, 5.74) is 3.36. The Morgan fingerprint density at radius 3 is 2.39 bits per heavy atom. The molecule has 0 N–H and O–H groups in total. The molecular formula is C16H15NO. The third-order valence-electron chi connectivity index (χ3n) is 3.34. The smallest absolute Gasteiger partial charge is 0.227 e. The first-order chi connectivity index (χ1) is 8.84. The van der Waals surface area contributed by atoms with Gasteiger partial charge in [-0.15, -0.1) is 0 Å². The predicted octanol–water partition coefficient (Wildman–Crippen LogP) is 3.48. The van der Waals surface area contributed by atoms with Crippen LogP contribution in [0.15, 0.2) is 54.6 Å². The number of hydrogen-bond acceptors (Lipinski definition) is 1. The van der Waals surface area contributed by atoms with Gasteiger partial charge in [-0.2, -0.15) is 0 Å². The number of carbonyl (C=O) groups is 1. The monoisotopic (exact) mass is 237 g/mol. The summed E-state index contributed by atoms with van der Waals surface area (Å²) in [4.78, 5) is 13.6. The topological polar surface area (TPSA) is 20.3 Å². The average molecular weight is 237 g/mol. The molecule has 3 rings (SSSR count). The largest absolute Gasteiger partial charge is 0.312 e. The van der Waals surface area contributed by atoms with Crippen molar-refractivity contribution in [3.8, 4) is 11.1 Å². The van der Waals surface area contributed by atoms with Gasteiger partial charge >= 0.3 is 0 Å². The van der Waals surface area contributed by atoms with Gasteiger partial charge in [0.15, 0.2) is 0 Å². The first-order valence-electron chi connectivity index (χ1n) is 6.30. The van der Waals surface area contributed by atoms with Crippen LogP contribution in [0.25, 0.3) is 11.1 Å². The van der Waals surface area contributed by atoms with Crippen LogP contribution in [0.4, 0.5) is 5.69 Å². The predicted molar refractivity (Wildman–Crippen MR) is 73.5 cm³/mol. The zero-order valence-electron chi connectivity index (χ0n) is 10.2. The number of nitrogens with zero attached hydrogens (tertiary/aromatic N) is 1. The molecule has 0 aliphatic carbocycles. The first-order valence-corrected chi connectivity index (χ1v) is 6.30. The molecule has 1 aliphatic heterocycles. The van der Waals surface area contributed by atoms with Crippen molar-refractivity contribution in [3.05, 3.63) is 54.6 Å². The van der Waals surface area contributed by atoms with Crippen LogP contribution < -0.4 is 4.90 Å². The molecule has 2 aromatic rings. The van der Waals surface area contributed by atoms with Crippen LogP contribution in [-0.4, -0.2) is 12.5 Å². The van der Waals surface area contributed by atoms with Gasteiger partial charge in [0.25, 0.3) is 0 Å². The Morgan fingerprint density at radius 1 is 0.889 bits per heavy atom. The lowest BCUT2D eigenvalue weighted by molar-refractivity contribution is -0.117. The van der Waals surface area contributed by atoms with E-state index in [1.54, 1.807) is 0 Å². The Morgan fingerprint density at radius 2 is 1.67 bits per heavy atom. The molecule has 2 heteroatoms. The maximum Gasteiger partial charge on any atom is 0.227 e. The third kappa shape index (κ3) is 2.02. The van der Waals surface area contributed by atoms with Crippen LogP contribution in [0.3, 0.4) is 0 Å². The fourth-order valence-corrected chi connectivity index (χ4v) is 2.41. The van der Waals surface area contributed by atoms with E-state index in [1.165, 1.54) is 5.56 Å². The van der Waals surface area contributed by atoms with Gasteiger partial charge in [0.1, 0.15) is 0 Å². The molecule has 18 heavy (non-hydrogen) atoms. The molecule has 1 fully saturated rings. The summed E-state index contributed by atoms with van der Waals surface area (Å²) in [7, 11) is 0. The molecule has 2 aromatic carbocycles. The first kappa shape index (κ1) is 11.0. The summed E-state index contributed by atoms with van der Waals surface area (Å²) in [6.07, 6.45) is 1.64. The fraction of sp³-hybridized carbons (Fsp3) is 0.188. The van der Waals surface area contributed by atoms with E-state index in [1.807, 2.05) is 35.2 Å². The minimum Gasteiger partial charge on any atom is -0.312 e. The minimum absolute atomic E-state index is 0.236. The lowest BCUT2D eigenvalue weighted by Crippen LogP contribution is -2.23. The summed E-state index contributed by atoms with van der Waals surface area (Å²) >= 11 is 0. The number of anilines is 1. The molecule has 0 unspecified atom stereocenters. The molecule has 1 amide bonds. The van der Waals surface area contributed by atoms with Crippen molar-refractivity contribution in [1.82, 2.24) is 0 Å². The average Bonchev–Trinajstić information content (AvgIpc) is 2.86. The summed E-state index contributed by atoms with van der Waals surface area (Å²) in [6, 6.07) is 18.5. The molecule has 0 saturated carbocycles. The van der Waals surface area contributed by atoms with Crippen molar-refractivity contribution < 1.29 is 4.79 Å². The molecule has 1 saturated heterocycles. The summed E-state index contributed by atoms with van der Waals surface area (Å²) in [5.74, 6) is 0.236. The second kappa shape index (κ2) is 4.65. The number of rotatable bonds is 2. The van der Waals surface area contributed by atoms with E-state index in [4.69, 9.17) is 0 Å². The van der Waals surface area contributed by atoms with Gasteiger partial charge in [0.2, 0.25) is 5.91 Å². The van der Waals surface area contributed by atoms with Crippen molar-refractivity contribution in [3.63, 3.8) is 0 Å². The molecule has 2 nitrogen and oxygen atoms in total. The van der Waals surface area contributed by atoms with Crippen molar-refractivity contribution in [1.29, 1.82) is 0 Å². The molecular weight excluding hydrogens is 222 g/mol. The maximum absolute atomic E-state index is 11.7. The molecule has 0 bridgehead atoms. The van der Waals surface area contributed by atoms with Crippen LogP contribution >= 0.6 is 0 Å². The number of benzene rings is 2. The van der Waals surface area contributed by atoms with E-state index in [0.29, 0.717) is 6.42 Å². The van der Waals surface area contributed by atoms with Gasteiger partial charge in [0, 0.05) is 18.7 Å². The summed E-state index contributed by atoms with van der Waals surface area (Å²) < 4.78 is 0. The summed E-state index contributed by atoms with van der Waals surface area (Å²) in [6.45, 7) is 0.844. The van der Waals surface area contributed by atoms with E-state index in [0.717, 1.165) is 24.2 Å². The van der Waals surface area contributed by atoms with Crippen LogP contribution in [-0.2, 0) is 4.79 Å². The van der Waals surface area contributed by atoms with Crippen LogP contribution in [0, 0.1) is 0 Å². The molecule has 90 valence electrons. The lowest BCUT2D eigenvalue weighted by atomic mass is 10.1. The fourth-order valence-electron chi connectivity index (χ4n) is 2.41. The highest BCUT2D eigenvalue weighted by Crippen LogP contribution is 2.27. The van der Waals surface area contributed by atoms with E-state index < -0.39 is 0 Å². The van der Waals surface area contributed by atoms with Gasteiger partial charge < -0.3 is 4.90 Å². The quantitative estimate of drug-likeness (QED) is 0.783. The Hall–Kier alpha value is -2.09. The Balaban J connectivity index is 1.97. The van der Waals surface area contributed by atoms with E-state index in [2.05, 4.69) is 24.3 Å². The Kier molecular flexibility index (Phi) is 2.85. The SMILES string of the molecule is O=C1CCCN1c1cccc(-c2ccccc2)c1. The molecule has 1 heterocycles. The van der Waals surface area contributed by atoms with E-state index in [9.17, 15) is 4.79 Å². The number of hydrogen-bond donors (Lipinski definition) is 0. The number of carbonyl (C=O) groups excluding carboxylic acids is 1. The molecule has 0 aromatic heterocycles. The zero-order chi connectivity index (χ0) is 12.4. The minimum atomic E-state index is 0.236. The van der Waals surface area contributed by atoms with Crippen LogP contribution in [0.1, 0.15) is 12.8 Å². The molecule has 0 spiro atoms. The van der Waals surface area contributed by atoms with Gasteiger partial charge in [-0.25, -0.2) is 0 Å². The summed E-state index contributed by atoms with van der Waals surface area (Å²) in [5, 5.41) is 0. The van der Waals surface area contributed by atoms with Gasteiger partial charge in [-0.05, 0) is 29.7 Å². The second-order valence-corrected chi connectivity index (χ2v) is 4.57. The van der Waals surface area contributed by atoms with Gasteiger partial charge in [-0.3, -0.25) is 4.79 Å².